The van der Waals surface area contributed by atoms with Gasteiger partial charge >= 0.3 is 0 Å². The lowest BCUT2D eigenvalue weighted by atomic mass is 10.1. The van der Waals surface area contributed by atoms with Crippen LogP contribution in [-0.4, -0.2) is 22.4 Å². The molecule has 0 unspecified atom stereocenters. The van der Waals surface area contributed by atoms with Gasteiger partial charge in [0.1, 0.15) is 0 Å². The van der Waals surface area contributed by atoms with Gasteiger partial charge in [0.15, 0.2) is 11.5 Å². The molecule has 0 fully saturated rings. The number of rotatable bonds is 3. The largest absolute Gasteiger partial charge is 0.504 e. The van der Waals surface area contributed by atoms with Crippen LogP contribution in [0.1, 0.15) is 11.5 Å². The fraction of sp³-hybridized carbons (Fsp3) is 0.273. The van der Waals surface area contributed by atoms with Crippen LogP contribution >= 0.6 is 15.9 Å². The van der Waals surface area contributed by atoms with E-state index in [2.05, 4.69) is 26.1 Å². The average Bonchev–Trinajstić information content (AvgIpc) is 2.83. The van der Waals surface area contributed by atoms with Crippen molar-refractivity contribution >= 4 is 15.9 Å². The highest BCUT2D eigenvalue weighted by Gasteiger charge is 2.19. The maximum Gasteiger partial charge on any atom is 0.240 e. The zero-order valence-corrected chi connectivity index (χ0v) is 11.5. The lowest BCUT2D eigenvalue weighted by molar-refractivity contribution is 0.369. The lowest BCUT2D eigenvalue weighted by Gasteiger charge is -2.11. The Balaban J connectivity index is 2.60. The van der Waals surface area contributed by atoms with Crippen molar-refractivity contribution in [2.45, 2.75) is 13.5 Å². The van der Waals surface area contributed by atoms with Crippen LogP contribution in [0.15, 0.2) is 15.1 Å². The molecule has 18 heavy (non-hydrogen) atoms. The van der Waals surface area contributed by atoms with Crippen molar-refractivity contribution in [2.24, 2.45) is 5.73 Å². The summed E-state index contributed by atoms with van der Waals surface area (Å²) in [7, 11) is 1.49. The second kappa shape index (κ2) is 4.95. The summed E-state index contributed by atoms with van der Waals surface area (Å²) in [5, 5.41) is 13.9. The van der Waals surface area contributed by atoms with E-state index < -0.39 is 0 Å². The fourth-order valence-corrected chi connectivity index (χ4v) is 1.99. The van der Waals surface area contributed by atoms with Gasteiger partial charge in [0.05, 0.1) is 19.2 Å². The van der Waals surface area contributed by atoms with Crippen molar-refractivity contribution in [1.82, 2.24) is 10.1 Å². The first-order valence-electron chi connectivity index (χ1n) is 5.17. The van der Waals surface area contributed by atoms with Crippen LogP contribution < -0.4 is 10.5 Å². The number of aromatic hydroxyl groups is 1. The number of methoxy groups -OCH3 is 1. The Morgan fingerprint density at radius 1 is 1.56 bits per heavy atom. The third-order valence-electron chi connectivity index (χ3n) is 2.53. The second-order valence-electron chi connectivity index (χ2n) is 3.63. The van der Waals surface area contributed by atoms with Gasteiger partial charge in [-0.15, -0.1) is 0 Å². The Morgan fingerprint density at radius 3 is 2.83 bits per heavy atom. The van der Waals surface area contributed by atoms with E-state index in [9.17, 15) is 5.11 Å². The highest BCUT2D eigenvalue weighted by molar-refractivity contribution is 9.10. The molecule has 0 saturated carbocycles. The monoisotopic (exact) mass is 313 g/mol. The van der Waals surface area contributed by atoms with Crippen molar-refractivity contribution < 1.29 is 14.4 Å². The van der Waals surface area contributed by atoms with Gasteiger partial charge < -0.3 is 20.1 Å². The van der Waals surface area contributed by atoms with Crippen molar-refractivity contribution in [2.75, 3.05) is 7.11 Å². The number of hydrogen-bond acceptors (Lipinski definition) is 6. The van der Waals surface area contributed by atoms with Gasteiger partial charge in [-0.3, -0.25) is 0 Å². The first kappa shape index (κ1) is 12.8. The summed E-state index contributed by atoms with van der Waals surface area (Å²) in [5.74, 6) is 0.924. The molecule has 0 aliphatic rings. The van der Waals surface area contributed by atoms with E-state index in [1.807, 2.05) is 6.92 Å². The molecule has 0 bridgehead atoms. The Morgan fingerprint density at radius 2 is 2.28 bits per heavy atom. The Kier molecular flexibility index (Phi) is 3.53. The number of phenolic OH excluding ortho intramolecular Hbond substituents is 1. The molecule has 2 aromatic rings. The van der Waals surface area contributed by atoms with Gasteiger partial charge in [-0.25, -0.2) is 0 Å². The summed E-state index contributed by atoms with van der Waals surface area (Å²) in [6.07, 6.45) is 0. The number of ether oxygens (including phenoxy) is 1. The molecule has 0 saturated heterocycles. The number of benzene rings is 1. The smallest absolute Gasteiger partial charge is 0.240 e. The highest BCUT2D eigenvalue weighted by Crippen LogP contribution is 2.42. The minimum atomic E-state index is -0.0254. The van der Waals surface area contributed by atoms with E-state index in [1.54, 1.807) is 6.07 Å². The van der Waals surface area contributed by atoms with E-state index >= 15 is 0 Å². The molecule has 1 aromatic carbocycles. The molecule has 0 aliphatic heterocycles. The summed E-state index contributed by atoms with van der Waals surface area (Å²) < 4.78 is 10.9. The first-order valence-corrected chi connectivity index (χ1v) is 5.96. The Hall–Kier alpha value is -1.60. The van der Waals surface area contributed by atoms with Crippen molar-refractivity contribution in [3.05, 3.63) is 22.0 Å². The van der Waals surface area contributed by atoms with E-state index in [1.165, 1.54) is 7.11 Å². The van der Waals surface area contributed by atoms with Gasteiger partial charge in [0, 0.05) is 10.0 Å². The maximum atomic E-state index is 10.1. The predicted octanol–water partition coefficient (Wildman–Crippen LogP) is 1.98. The topological polar surface area (TPSA) is 94.4 Å². The van der Waals surface area contributed by atoms with Gasteiger partial charge in [-0.05, 0) is 13.0 Å². The van der Waals surface area contributed by atoms with Crippen molar-refractivity contribution in [3.63, 3.8) is 0 Å². The van der Waals surface area contributed by atoms with Crippen LogP contribution in [-0.2, 0) is 6.54 Å². The predicted molar refractivity (Wildman–Crippen MR) is 68.3 cm³/mol. The summed E-state index contributed by atoms with van der Waals surface area (Å²) in [4.78, 5) is 4.07. The molecule has 1 heterocycles. The van der Waals surface area contributed by atoms with E-state index in [0.717, 1.165) is 10.0 Å². The minimum absolute atomic E-state index is 0.0254. The third kappa shape index (κ3) is 2.06. The highest BCUT2D eigenvalue weighted by atomic mass is 79.9. The summed E-state index contributed by atoms with van der Waals surface area (Å²) in [6, 6.07) is 1.71. The number of nitrogens with two attached hydrogens (primary N) is 1. The van der Waals surface area contributed by atoms with Crippen LogP contribution in [0.4, 0.5) is 0 Å². The van der Waals surface area contributed by atoms with Crippen molar-refractivity contribution in [1.29, 1.82) is 0 Å². The second-order valence-corrected chi connectivity index (χ2v) is 4.48. The van der Waals surface area contributed by atoms with Gasteiger partial charge in [0.25, 0.3) is 0 Å². The van der Waals surface area contributed by atoms with Crippen LogP contribution in [0.3, 0.4) is 0 Å². The SMILES string of the molecule is COc1c(C)c(Br)cc(-c2noc(CN)n2)c1O. The Bertz CT molecular complexity index is 583. The fourth-order valence-electron chi connectivity index (χ4n) is 1.58. The molecule has 0 atom stereocenters. The van der Waals surface area contributed by atoms with E-state index in [4.69, 9.17) is 15.0 Å². The molecule has 96 valence electrons. The lowest BCUT2D eigenvalue weighted by Crippen LogP contribution is -1.96. The number of aromatic nitrogens is 2. The molecular weight excluding hydrogens is 302 g/mol. The summed E-state index contributed by atoms with van der Waals surface area (Å²) >= 11 is 3.39. The molecule has 7 heteroatoms. The molecule has 2 rings (SSSR count). The van der Waals surface area contributed by atoms with Crippen molar-refractivity contribution in [3.8, 4) is 22.9 Å². The zero-order valence-electron chi connectivity index (χ0n) is 9.90. The van der Waals surface area contributed by atoms with E-state index in [-0.39, 0.29) is 18.1 Å². The molecule has 0 spiro atoms. The molecule has 0 radical (unpaired) electrons. The summed E-state index contributed by atoms with van der Waals surface area (Å²) in [5.41, 5.74) is 6.61. The van der Waals surface area contributed by atoms with Crippen LogP contribution in [0.5, 0.6) is 11.5 Å². The van der Waals surface area contributed by atoms with Gasteiger partial charge in [0.2, 0.25) is 11.7 Å². The molecular formula is C11H12BrN3O3. The quantitative estimate of drug-likeness (QED) is 0.899. The Labute approximate surface area is 112 Å². The maximum absolute atomic E-state index is 10.1. The third-order valence-corrected chi connectivity index (χ3v) is 3.35. The molecule has 6 nitrogen and oxygen atoms in total. The minimum Gasteiger partial charge on any atom is -0.504 e. The normalized spacial score (nSPS) is 10.7. The molecule has 1 aromatic heterocycles. The standard InChI is InChI=1S/C11H12BrN3O3/c1-5-7(12)3-6(9(16)10(5)17-2)11-14-8(4-13)18-15-11/h3,16H,4,13H2,1-2H3. The van der Waals surface area contributed by atoms with Crippen LogP contribution in [0, 0.1) is 6.92 Å². The number of hydrogen-bond donors (Lipinski definition) is 2. The summed E-state index contributed by atoms with van der Waals surface area (Å²) in [6.45, 7) is 1.98. The van der Waals surface area contributed by atoms with Crippen LogP contribution in [0.25, 0.3) is 11.4 Å². The van der Waals surface area contributed by atoms with Crippen LogP contribution in [0.2, 0.25) is 0 Å². The first-order chi connectivity index (χ1) is 8.58. The molecule has 3 N–H and O–H groups in total. The number of halogens is 1. The van der Waals surface area contributed by atoms with Gasteiger partial charge in [-0.1, -0.05) is 21.1 Å². The zero-order chi connectivity index (χ0) is 13.3. The van der Waals surface area contributed by atoms with E-state index in [0.29, 0.717) is 17.2 Å². The van der Waals surface area contributed by atoms with Gasteiger partial charge in [-0.2, -0.15) is 4.98 Å². The molecule has 0 aliphatic carbocycles. The average molecular weight is 314 g/mol. The number of phenols is 1. The molecule has 0 amide bonds. The number of nitrogens with zero attached hydrogens (tertiary/aromatic N) is 2.